The van der Waals surface area contributed by atoms with Gasteiger partial charge in [0.15, 0.2) is 12.4 Å². The Kier molecular flexibility index (Phi) is 5.53. The number of ether oxygens (including phenoxy) is 4. The number of para-hydroxylation sites is 1. The van der Waals surface area contributed by atoms with Gasteiger partial charge in [-0.2, -0.15) is 0 Å². The topological polar surface area (TPSA) is 74.3 Å². The van der Waals surface area contributed by atoms with Gasteiger partial charge in [0.05, 0.1) is 20.6 Å². The smallest absolute Gasteiger partial charge is 0.260 e. The van der Waals surface area contributed by atoms with E-state index in [1.807, 2.05) is 30.3 Å². The van der Waals surface area contributed by atoms with Crippen LogP contribution in [0.25, 0.3) is 0 Å². The normalized spacial score (nSPS) is 17.1. The van der Waals surface area contributed by atoms with Crippen LogP contribution in [0.15, 0.2) is 42.5 Å². The molecule has 1 fully saturated rings. The van der Waals surface area contributed by atoms with Crippen molar-refractivity contribution in [3.05, 3.63) is 48.0 Å². The number of ketones is 1. The minimum Gasteiger partial charge on any atom is -0.496 e. The average molecular weight is 411 g/mol. The number of likely N-dealkylation sites (tertiary alicyclic amines) is 1. The van der Waals surface area contributed by atoms with Gasteiger partial charge in [-0.25, -0.2) is 0 Å². The molecule has 1 amide bonds. The summed E-state index contributed by atoms with van der Waals surface area (Å²) in [5.41, 5.74) is -0.155. The molecule has 0 unspecified atom stereocenters. The van der Waals surface area contributed by atoms with E-state index in [2.05, 4.69) is 0 Å². The minimum absolute atomic E-state index is 0.00592. The molecule has 4 rings (SSSR count). The molecular formula is C23H25NO6. The number of rotatable bonds is 5. The number of piperidine rings is 1. The zero-order valence-electron chi connectivity index (χ0n) is 17.2. The average Bonchev–Trinajstić information content (AvgIpc) is 2.77. The van der Waals surface area contributed by atoms with Gasteiger partial charge in [-0.1, -0.05) is 18.2 Å². The van der Waals surface area contributed by atoms with Crippen LogP contribution in [0, 0.1) is 0 Å². The molecule has 7 heteroatoms. The highest BCUT2D eigenvalue weighted by atomic mass is 16.5. The van der Waals surface area contributed by atoms with Gasteiger partial charge in [0.2, 0.25) is 0 Å². The SMILES string of the molecule is COc1cc(OC)c2c(c1)OC1(CCN(C(=O)COc3ccccc3)CC1)CC2=O. The van der Waals surface area contributed by atoms with Crippen molar-refractivity contribution >= 4 is 11.7 Å². The van der Waals surface area contributed by atoms with Gasteiger partial charge >= 0.3 is 0 Å². The third-order valence-corrected chi connectivity index (χ3v) is 5.72. The fourth-order valence-corrected chi connectivity index (χ4v) is 4.05. The van der Waals surface area contributed by atoms with Gasteiger partial charge in [0.1, 0.15) is 34.2 Å². The highest BCUT2D eigenvalue weighted by Gasteiger charge is 2.45. The lowest BCUT2D eigenvalue weighted by atomic mass is 9.82. The Balaban J connectivity index is 1.42. The first kappa shape index (κ1) is 20.1. The standard InChI is InChI=1S/C23H25NO6/c1-27-17-12-19(28-2)22-18(25)14-23(30-20(22)13-17)8-10-24(11-9-23)21(26)15-29-16-6-4-3-5-7-16/h3-7,12-13H,8-11,14-15H2,1-2H3. The molecule has 2 aromatic carbocycles. The summed E-state index contributed by atoms with van der Waals surface area (Å²) in [5, 5.41) is 0. The maximum Gasteiger partial charge on any atom is 0.260 e. The van der Waals surface area contributed by atoms with E-state index >= 15 is 0 Å². The zero-order valence-corrected chi connectivity index (χ0v) is 17.2. The molecule has 1 spiro atoms. The molecule has 0 radical (unpaired) electrons. The molecule has 1 saturated heterocycles. The lowest BCUT2D eigenvalue weighted by Crippen LogP contribution is -2.53. The van der Waals surface area contributed by atoms with Crippen molar-refractivity contribution in [2.45, 2.75) is 24.9 Å². The molecule has 0 saturated carbocycles. The van der Waals surface area contributed by atoms with Gasteiger partial charge < -0.3 is 23.8 Å². The Morgan fingerprint density at radius 1 is 1.07 bits per heavy atom. The zero-order chi connectivity index (χ0) is 21.1. The van der Waals surface area contributed by atoms with Crippen molar-refractivity contribution in [3.63, 3.8) is 0 Å². The van der Waals surface area contributed by atoms with E-state index in [1.54, 1.807) is 24.1 Å². The van der Waals surface area contributed by atoms with E-state index in [9.17, 15) is 9.59 Å². The number of hydrogen-bond acceptors (Lipinski definition) is 6. The van der Waals surface area contributed by atoms with Crippen LogP contribution in [-0.2, 0) is 4.79 Å². The molecule has 0 bridgehead atoms. The number of Topliss-reactive ketones (excluding diaryl/α,β-unsaturated/α-hetero) is 1. The summed E-state index contributed by atoms with van der Waals surface area (Å²) in [6, 6.07) is 12.7. The number of benzene rings is 2. The first-order valence-corrected chi connectivity index (χ1v) is 9.97. The number of nitrogens with zero attached hydrogens (tertiary/aromatic N) is 1. The van der Waals surface area contributed by atoms with E-state index in [4.69, 9.17) is 18.9 Å². The van der Waals surface area contributed by atoms with Crippen molar-refractivity contribution in [1.82, 2.24) is 4.90 Å². The predicted molar refractivity (Wildman–Crippen MR) is 110 cm³/mol. The number of amides is 1. The Labute approximate surface area is 175 Å². The summed E-state index contributed by atoms with van der Waals surface area (Å²) in [4.78, 5) is 27.2. The molecule has 0 atom stereocenters. The van der Waals surface area contributed by atoms with Gasteiger partial charge in [0.25, 0.3) is 5.91 Å². The molecule has 2 heterocycles. The third kappa shape index (κ3) is 3.92. The molecular weight excluding hydrogens is 386 g/mol. The molecule has 2 aliphatic heterocycles. The number of carbonyl (C=O) groups is 2. The second-order valence-electron chi connectivity index (χ2n) is 7.57. The third-order valence-electron chi connectivity index (χ3n) is 5.72. The highest BCUT2D eigenvalue weighted by Crippen LogP contribution is 2.44. The molecule has 7 nitrogen and oxygen atoms in total. The lowest BCUT2D eigenvalue weighted by molar-refractivity contribution is -0.136. The van der Waals surface area contributed by atoms with E-state index < -0.39 is 5.60 Å². The maximum atomic E-state index is 12.9. The van der Waals surface area contributed by atoms with Gasteiger partial charge in [-0.05, 0) is 12.1 Å². The van der Waals surface area contributed by atoms with Crippen molar-refractivity contribution < 1.29 is 28.5 Å². The quantitative estimate of drug-likeness (QED) is 0.753. The Morgan fingerprint density at radius 2 is 1.80 bits per heavy atom. The fourth-order valence-electron chi connectivity index (χ4n) is 4.05. The minimum atomic E-state index is -0.613. The summed E-state index contributed by atoms with van der Waals surface area (Å²) in [5.74, 6) is 2.09. The van der Waals surface area contributed by atoms with Crippen LogP contribution in [0.2, 0.25) is 0 Å². The van der Waals surface area contributed by atoms with Crippen LogP contribution in [0.1, 0.15) is 29.6 Å². The summed E-state index contributed by atoms with van der Waals surface area (Å²) in [7, 11) is 3.08. The first-order valence-electron chi connectivity index (χ1n) is 9.97. The second kappa shape index (κ2) is 8.26. The van der Waals surface area contributed by atoms with E-state index in [-0.39, 0.29) is 24.7 Å². The molecule has 30 heavy (non-hydrogen) atoms. The fraction of sp³-hybridized carbons (Fsp3) is 0.391. The second-order valence-corrected chi connectivity index (χ2v) is 7.57. The van der Waals surface area contributed by atoms with Gasteiger partial charge in [-0.3, -0.25) is 9.59 Å². The van der Waals surface area contributed by atoms with E-state index in [0.29, 0.717) is 54.5 Å². The maximum absolute atomic E-state index is 12.9. The summed E-state index contributed by atoms with van der Waals surface area (Å²) in [6.45, 7) is 1.02. The largest absolute Gasteiger partial charge is 0.496 e. The van der Waals surface area contributed by atoms with Gasteiger partial charge in [-0.15, -0.1) is 0 Å². The van der Waals surface area contributed by atoms with Crippen molar-refractivity contribution in [2.24, 2.45) is 0 Å². The van der Waals surface area contributed by atoms with Crippen molar-refractivity contribution in [3.8, 4) is 23.0 Å². The summed E-state index contributed by atoms with van der Waals surface area (Å²) in [6.07, 6.45) is 1.43. The number of fused-ring (bicyclic) bond motifs is 1. The molecule has 0 aliphatic carbocycles. The highest BCUT2D eigenvalue weighted by molar-refractivity contribution is 6.03. The number of methoxy groups -OCH3 is 2. The molecule has 158 valence electrons. The van der Waals surface area contributed by atoms with Crippen molar-refractivity contribution in [2.75, 3.05) is 33.9 Å². The monoisotopic (exact) mass is 411 g/mol. The number of hydrogen-bond donors (Lipinski definition) is 0. The Bertz CT molecular complexity index is 934. The van der Waals surface area contributed by atoms with Crippen LogP contribution >= 0.6 is 0 Å². The van der Waals surface area contributed by atoms with Crippen LogP contribution in [-0.4, -0.2) is 56.1 Å². The summed E-state index contributed by atoms with van der Waals surface area (Å²) >= 11 is 0. The predicted octanol–water partition coefficient (Wildman–Crippen LogP) is 3.11. The van der Waals surface area contributed by atoms with Crippen molar-refractivity contribution in [1.29, 1.82) is 0 Å². The first-order chi connectivity index (χ1) is 14.5. The van der Waals surface area contributed by atoms with E-state index in [0.717, 1.165) is 0 Å². The summed E-state index contributed by atoms with van der Waals surface area (Å²) < 4.78 is 22.6. The van der Waals surface area contributed by atoms with Gasteiger partial charge in [0, 0.05) is 38.1 Å². The molecule has 2 aliphatic rings. The van der Waals surface area contributed by atoms with Crippen LogP contribution in [0.5, 0.6) is 23.0 Å². The number of carbonyl (C=O) groups excluding carboxylic acids is 2. The molecule has 0 aromatic heterocycles. The van der Waals surface area contributed by atoms with E-state index in [1.165, 1.54) is 7.11 Å². The lowest BCUT2D eigenvalue weighted by Gasteiger charge is -2.44. The molecule has 2 aromatic rings. The van der Waals surface area contributed by atoms with Crippen LogP contribution in [0.4, 0.5) is 0 Å². The van der Waals surface area contributed by atoms with Crippen LogP contribution in [0.3, 0.4) is 0 Å². The van der Waals surface area contributed by atoms with Crippen LogP contribution < -0.4 is 18.9 Å². The molecule has 0 N–H and O–H groups in total. The Morgan fingerprint density at radius 3 is 2.47 bits per heavy atom. The Hall–Kier alpha value is -3.22.